The highest BCUT2D eigenvalue weighted by molar-refractivity contribution is 5.85. The number of ether oxygens (including phenoxy) is 1. The molecule has 0 radical (unpaired) electrons. The van der Waals surface area contributed by atoms with E-state index in [9.17, 15) is 4.79 Å². The zero-order valence-corrected chi connectivity index (χ0v) is 11.6. The van der Waals surface area contributed by atoms with Crippen LogP contribution >= 0.6 is 0 Å². The smallest absolute Gasteiger partial charge is 0.245 e. The van der Waals surface area contributed by atoms with Gasteiger partial charge in [0.05, 0.1) is 12.8 Å². The number of carbonyl (C=O) groups is 1. The van der Waals surface area contributed by atoms with Gasteiger partial charge in [0.2, 0.25) is 5.91 Å². The zero-order valence-electron chi connectivity index (χ0n) is 11.6. The number of hydrogen-bond donors (Lipinski definition) is 1. The number of methoxy groups -OCH3 is 1. The summed E-state index contributed by atoms with van der Waals surface area (Å²) in [4.78, 5) is 14.4. The van der Waals surface area contributed by atoms with E-state index in [1.54, 1.807) is 7.11 Å². The summed E-state index contributed by atoms with van der Waals surface area (Å²) in [5, 5.41) is 3.44. The number of benzene rings is 1. The van der Waals surface area contributed by atoms with Crippen molar-refractivity contribution in [3.63, 3.8) is 0 Å². The summed E-state index contributed by atoms with van der Waals surface area (Å²) in [5.41, 5.74) is 1.04. The Balaban J connectivity index is 2.13. The molecular formula is C15H22N2O2. The van der Waals surface area contributed by atoms with Crippen molar-refractivity contribution in [3.8, 4) is 0 Å². The van der Waals surface area contributed by atoms with Crippen LogP contribution in [0.2, 0.25) is 0 Å². The Morgan fingerprint density at radius 3 is 2.68 bits per heavy atom. The minimum atomic E-state index is -0.213. The van der Waals surface area contributed by atoms with E-state index in [1.165, 1.54) is 0 Å². The lowest BCUT2D eigenvalue weighted by Gasteiger charge is -2.23. The molecule has 4 heteroatoms. The van der Waals surface area contributed by atoms with Crippen LogP contribution < -0.4 is 5.32 Å². The molecule has 0 saturated carbocycles. The third kappa shape index (κ3) is 3.14. The average Bonchev–Trinajstić information content (AvgIpc) is 2.75. The normalized spacial score (nSPS) is 23.1. The van der Waals surface area contributed by atoms with Crippen LogP contribution in [-0.2, 0) is 9.53 Å². The van der Waals surface area contributed by atoms with E-state index < -0.39 is 0 Å². The lowest BCUT2D eigenvalue weighted by Crippen LogP contribution is -2.39. The van der Waals surface area contributed by atoms with Crippen LogP contribution in [0.15, 0.2) is 30.3 Å². The highest BCUT2D eigenvalue weighted by Crippen LogP contribution is 2.25. The second kappa shape index (κ2) is 6.68. The number of nitrogens with one attached hydrogen (secondary N) is 1. The van der Waals surface area contributed by atoms with Gasteiger partial charge in [0, 0.05) is 13.7 Å². The molecule has 1 aliphatic heterocycles. The van der Waals surface area contributed by atoms with Gasteiger partial charge in [-0.3, -0.25) is 10.1 Å². The van der Waals surface area contributed by atoms with Crippen molar-refractivity contribution in [1.29, 1.82) is 0 Å². The van der Waals surface area contributed by atoms with Crippen molar-refractivity contribution in [2.45, 2.75) is 32.0 Å². The van der Waals surface area contributed by atoms with Crippen molar-refractivity contribution in [2.75, 3.05) is 20.3 Å². The van der Waals surface area contributed by atoms with E-state index in [1.807, 2.05) is 35.2 Å². The molecule has 19 heavy (non-hydrogen) atoms. The van der Waals surface area contributed by atoms with Gasteiger partial charge in [0.15, 0.2) is 0 Å². The number of carbonyl (C=O) groups excluding carboxylic acids is 1. The Kier molecular flexibility index (Phi) is 4.93. The van der Waals surface area contributed by atoms with Gasteiger partial charge in [0.25, 0.3) is 0 Å². The summed E-state index contributed by atoms with van der Waals surface area (Å²) in [5.74, 6) is 0.154. The monoisotopic (exact) mass is 262 g/mol. The molecule has 0 bridgehead atoms. The molecule has 2 atom stereocenters. The van der Waals surface area contributed by atoms with Crippen molar-refractivity contribution < 1.29 is 9.53 Å². The molecule has 2 rings (SSSR count). The molecule has 1 saturated heterocycles. The fourth-order valence-corrected chi connectivity index (χ4v) is 2.53. The quantitative estimate of drug-likeness (QED) is 0.851. The Morgan fingerprint density at radius 2 is 2.05 bits per heavy atom. The summed E-state index contributed by atoms with van der Waals surface area (Å²) in [6, 6.07) is 9.69. The molecular weight excluding hydrogens is 240 g/mol. The molecule has 2 unspecified atom stereocenters. The molecule has 1 heterocycles. The fourth-order valence-electron chi connectivity index (χ4n) is 2.53. The fraction of sp³-hybridized carbons (Fsp3) is 0.533. The predicted molar refractivity (Wildman–Crippen MR) is 74.6 cm³/mol. The average molecular weight is 262 g/mol. The van der Waals surface area contributed by atoms with Gasteiger partial charge < -0.3 is 9.64 Å². The van der Waals surface area contributed by atoms with Crippen LogP contribution in [0.3, 0.4) is 0 Å². The maximum atomic E-state index is 12.5. The van der Waals surface area contributed by atoms with Crippen LogP contribution in [-0.4, -0.2) is 37.2 Å². The van der Waals surface area contributed by atoms with E-state index >= 15 is 0 Å². The van der Waals surface area contributed by atoms with Gasteiger partial charge in [-0.2, -0.15) is 0 Å². The second-order valence-electron chi connectivity index (χ2n) is 4.84. The van der Waals surface area contributed by atoms with Crippen molar-refractivity contribution in [3.05, 3.63) is 35.9 Å². The van der Waals surface area contributed by atoms with Crippen molar-refractivity contribution >= 4 is 5.91 Å². The third-order valence-electron chi connectivity index (χ3n) is 3.50. The summed E-state index contributed by atoms with van der Waals surface area (Å²) in [7, 11) is 1.66. The Labute approximate surface area is 114 Å². The van der Waals surface area contributed by atoms with Gasteiger partial charge in [-0.05, 0) is 12.0 Å². The third-order valence-corrected chi connectivity index (χ3v) is 3.50. The van der Waals surface area contributed by atoms with Crippen LogP contribution in [0.4, 0.5) is 0 Å². The first-order valence-corrected chi connectivity index (χ1v) is 6.88. The molecule has 1 N–H and O–H groups in total. The Hall–Kier alpha value is -1.39. The topological polar surface area (TPSA) is 41.6 Å². The number of hydrogen-bond acceptors (Lipinski definition) is 3. The lowest BCUT2D eigenvalue weighted by atomic mass is 10.1. The van der Waals surface area contributed by atoms with Gasteiger partial charge in [-0.25, -0.2) is 0 Å². The molecule has 0 aromatic heterocycles. The minimum Gasteiger partial charge on any atom is -0.383 e. The molecule has 1 amide bonds. The molecule has 1 aromatic rings. The Morgan fingerprint density at radius 1 is 1.32 bits per heavy atom. The first-order valence-electron chi connectivity index (χ1n) is 6.88. The molecule has 104 valence electrons. The van der Waals surface area contributed by atoms with Crippen LogP contribution in [0.1, 0.15) is 31.4 Å². The van der Waals surface area contributed by atoms with Gasteiger partial charge in [-0.15, -0.1) is 0 Å². The lowest BCUT2D eigenvalue weighted by molar-refractivity contribution is -0.130. The van der Waals surface area contributed by atoms with Gasteiger partial charge >= 0.3 is 0 Å². The molecule has 1 aliphatic rings. The van der Waals surface area contributed by atoms with Crippen LogP contribution in [0, 0.1) is 0 Å². The van der Waals surface area contributed by atoms with E-state index in [-0.39, 0.29) is 18.1 Å². The maximum Gasteiger partial charge on any atom is 0.245 e. The van der Waals surface area contributed by atoms with Crippen LogP contribution in [0.25, 0.3) is 0 Å². The van der Waals surface area contributed by atoms with E-state index in [0.29, 0.717) is 13.2 Å². The first kappa shape index (κ1) is 14.0. The van der Waals surface area contributed by atoms with Crippen molar-refractivity contribution in [1.82, 2.24) is 10.2 Å². The summed E-state index contributed by atoms with van der Waals surface area (Å²) >= 11 is 0. The number of amides is 1. The van der Waals surface area contributed by atoms with E-state index in [4.69, 9.17) is 4.74 Å². The molecule has 4 nitrogen and oxygen atoms in total. The molecule has 0 spiro atoms. The van der Waals surface area contributed by atoms with Crippen molar-refractivity contribution in [2.24, 2.45) is 0 Å². The minimum absolute atomic E-state index is 0.123. The highest BCUT2D eigenvalue weighted by atomic mass is 16.5. The van der Waals surface area contributed by atoms with Gasteiger partial charge in [-0.1, -0.05) is 43.7 Å². The highest BCUT2D eigenvalue weighted by Gasteiger charge is 2.38. The predicted octanol–water partition coefficient (Wildman–Crippen LogP) is 1.93. The van der Waals surface area contributed by atoms with Gasteiger partial charge in [0.1, 0.15) is 6.04 Å². The summed E-state index contributed by atoms with van der Waals surface area (Å²) in [6.07, 6.45) is 2.15. The Bertz CT molecular complexity index is 408. The van der Waals surface area contributed by atoms with Crippen LogP contribution in [0.5, 0.6) is 0 Å². The first-order chi connectivity index (χ1) is 9.27. The SMILES string of the molecule is CCCC1NC(c2ccccc2)C(=O)N1CCOC. The standard InChI is InChI=1S/C15H22N2O2/c1-3-7-13-16-14(12-8-5-4-6-9-12)15(18)17(13)10-11-19-2/h4-6,8-9,13-14,16H,3,7,10-11H2,1-2H3. The second-order valence-corrected chi connectivity index (χ2v) is 4.84. The molecule has 0 aliphatic carbocycles. The summed E-state index contributed by atoms with van der Waals surface area (Å²) in [6.45, 7) is 3.36. The van der Waals surface area contributed by atoms with E-state index in [0.717, 1.165) is 18.4 Å². The molecule has 1 aromatic carbocycles. The zero-order chi connectivity index (χ0) is 13.7. The largest absolute Gasteiger partial charge is 0.383 e. The summed E-state index contributed by atoms with van der Waals surface area (Å²) < 4.78 is 5.10. The number of nitrogens with zero attached hydrogens (tertiary/aromatic N) is 1. The maximum absolute atomic E-state index is 12.5. The number of rotatable bonds is 6. The van der Waals surface area contributed by atoms with E-state index in [2.05, 4.69) is 12.2 Å². The molecule has 1 fully saturated rings.